The molecule has 1 saturated heterocycles. The van der Waals surface area contributed by atoms with Crippen molar-refractivity contribution in [2.75, 3.05) is 12.4 Å². The Hall–Kier alpha value is -3.42. The van der Waals surface area contributed by atoms with Crippen LogP contribution >= 0.6 is 11.8 Å². The van der Waals surface area contributed by atoms with Gasteiger partial charge in [0, 0.05) is 18.2 Å². The van der Waals surface area contributed by atoms with E-state index in [9.17, 15) is 34.4 Å². The van der Waals surface area contributed by atoms with Crippen LogP contribution in [-0.4, -0.2) is 72.2 Å². The molecule has 2 amide bonds. The summed E-state index contributed by atoms with van der Waals surface area (Å²) in [4.78, 5) is 59.0. The molecule has 0 spiro atoms. The van der Waals surface area contributed by atoms with Crippen LogP contribution in [0.15, 0.2) is 23.7 Å². The largest absolute Gasteiger partial charge is 0.477 e. The number of carbonyl (C=O) groups is 4. The van der Waals surface area contributed by atoms with Gasteiger partial charge in [0.05, 0.1) is 17.4 Å². The van der Waals surface area contributed by atoms with Gasteiger partial charge in [-0.05, 0) is 0 Å². The maximum atomic E-state index is 12.6. The lowest BCUT2D eigenvalue weighted by Gasteiger charge is -2.49. The number of nitrogens with one attached hydrogen (secondary N) is 1. The first-order valence-corrected chi connectivity index (χ1v) is 10.2. The fourth-order valence-corrected chi connectivity index (χ4v) is 4.52. The molecule has 1 aromatic heterocycles. The van der Waals surface area contributed by atoms with Crippen molar-refractivity contribution in [2.45, 2.75) is 31.8 Å². The third-order valence-electron chi connectivity index (χ3n) is 4.74. The molecule has 2 aliphatic rings. The fourth-order valence-electron chi connectivity index (χ4n) is 3.19. The Labute approximate surface area is 179 Å². The Morgan fingerprint density at radius 1 is 1.48 bits per heavy atom. The molecule has 2 aliphatic heterocycles. The van der Waals surface area contributed by atoms with E-state index in [4.69, 9.17) is 4.74 Å². The van der Waals surface area contributed by atoms with Gasteiger partial charge >= 0.3 is 17.6 Å². The second-order valence-corrected chi connectivity index (χ2v) is 8.12. The van der Waals surface area contributed by atoms with Gasteiger partial charge in [-0.15, -0.1) is 11.8 Å². The summed E-state index contributed by atoms with van der Waals surface area (Å²) in [7, 11) is 0. The zero-order chi connectivity index (χ0) is 22.9. The first-order valence-electron chi connectivity index (χ1n) is 9.10. The van der Waals surface area contributed by atoms with E-state index in [1.54, 1.807) is 6.92 Å². The van der Waals surface area contributed by atoms with Crippen LogP contribution < -0.4 is 5.32 Å². The van der Waals surface area contributed by atoms with Crippen LogP contribution in [0.1, 0.15) is 13.8 Å². The summed E-state index contributed by atoms with van der Waals surface area (Å²) in [5.74, 6) is -3.36. The molecule has 0 saturated carbocycles. The molecule has 166 valence electrons. The molecule has 2 N–H and O–H groups in total. The summed E-state index contributed by atoms with van der Waals surface area (Å²) in [6.07, 6.45) is 2.27. The molecule has 1 aromatic rings. The minimum Gasteiger partial charge on any atom is -0.477 e. The Morgan fingerprint density at radius 3 is 2.77 bits per heavy atom. The van der Waals surface area contributed by atoms with Crippen molar-refractivity contribution >= 4 is 41.2 Å². The minimum absolute atomic E-state index is 0.0644. The SMILES string of the molecule is CC(=O)OCC1=C(C(=O)O)N2C(=O)[C@H](NC(=O)[C@@H](C)Cn3cc([N+](=O)[O-])cn3)[C@H]2SC1. The van der Waals surface area contributed by atoms with Gasteiger partial charge in [-0.1, -0.05) is 6.92 Å². The Morgan fingerprint density at radius 2 is 2.19 bits per heavy atom. The third-order valence-corrected chi connectivity index (χ3v) is 6.08. The molecule has 0 radical (unpaired) electrons. The molecule has 0 aliphatic carbocycles. The number of carboxylic acid groups (broad SMARTS) is 1. The predicted molar refractivity (Wildman–Crippen MR) is 104 cm³/mol. The maximum absolute atomic E-state index is 12.6. The van der Waals surface area contributed by atoms with E-state index in [1.807, 2.05) is 0 Å². The molecule has 0 unspecified atom stereocenters. The minimum atomic E-state index is -1.32. The van der Waals surface area contributed by atoms with Crippen LogP contribution in [0.3, 0.4) is 0 Å². The van der Waals surface area contributed by atoms with E-state index in [0.717, 1.165) is 11.1 Å². The second kappa shape index (κ2) is 8.75. The zero-order valence-electron chi connectivity index (χ0n) is 16.5. The van der Waals surface area contributed by atoms with Crippen molar-refractivity contribution in [1.82, 2.24) is 20.0 Å². The monoisotopic (exact) mass is 453 g/mol. The van der Waals surface area contributed by atoms with Crippen molar-refractivity contribution in [1.29, 1.82) is 0 Å². The van der Waals surface area contributed by atoms with E-state index < -0.39 is 46.0 Å². The number of fused-ring (bicyclic) bond motifs is 1. The number of nitro groups is 1. The van der Waals surface area contributed by atoms with Gasteiger partial charge in [-0.25, -0.2) is 4.79 Å². The van der Waals surface area contributed by atoms with Crippen LogP contribution in [0.2, 0.25) is 0 Å². The van der Waals surface area contributed by atoms with Crippen molar-refractivity contribution in [3.63, 3.8) is 0 Å². The third kappa shape index (κ3) is 4.52. The number of hydrogen-bond donors (Lipinski definition) is 2. The predicted octanol–water partition coefficient (Wildman–Crippen LogP) is -0.271. The molecule has 0 bridgehead atoms. The Balaban J connectivity index is 1.64. The van der Waals surface area contributed by atoms with Gasteiger partial charge in [0.15, 0.2) is 0 Å². The average molecular weight is 453 g/mol. The number of β-lactam (4-membered cyclic amide) rings is 1. The Kier molecular flexibility index (Phi) is 6.29. The summed E-state index contributed by atoms with van der Waals surface area (Å²) in [6, 6.07) is -0.906. The number of aromatic nitrogens is 2. The van der Waals surface area contributed by atoms with Gasteiger partial charge in [-0.2, -0.15) is 5.10 Å². The lowest BCUT2D eigenvalue weighted by atomic mass is 10.0. The highest BCUT2D eigenvalue weighted by molar-refractivity contribution is 8.00. The summed E-state index contributed by atoms with van der Waals surface area (Å²) >= 11 is 1.26. The van der Waals surface area contributed by atoms with Crippen molar-refractivity contribution in [3.8, 4) is 0 Å². The number of aliphatic carboxylic acids is 1. The van der Waals surface area contributed by atoms with E-state index in [-0.39, 0.29) is 30.3 Å². The number of nitrogens with zero attached hydrogens (tertiary/aromatic N) is 4. The van der Waals surface area contributed by atoms with E-state index in [2.05, 4.69) is 10.4 Å². The molecular weight excluding hydrogens is 434 g/mol. The standard InChI is InChI=1S/C17H19N5O8S/c1-8(4-20-5-11(3-18-20)22(28)29)14(24)19-12-15(25)21-13(17(26)27)10(6-30-9(2)23)7-31-16(12)21/h3,5,8,12,16H,4,6-7H2,1-2H3,(H,19,24)(H,26,27)/t8-,12-,16+/m0/s1. The fraction of sp³-hybridized carbons (Fsp3) is 0.471. The number of amides is 2. The highest BCUT2D eigenvalue weighted by Gasteiger charge is 2.54. The topological polar surface area (TPSA) is 174 Å². The number of carboxylic acids is 1. The number of thioether (sulfide) groups is 1. The molecule has 3 atom stereocenters. The highest BCUT2D eigenvalue weighted by atomic mass is 32.2. The van der Waals surface area contributed by atoms with Gasteiger partial charge in [0.25, 0.3) is 5.91 Å². The van der Waals surface area contributed by atoms with Crippen LogP contribution in [0.25, 0.3) is 0 Å². The van der Waals surface area contributed by atoms with E-state index in [0.29, 0.717) is 5.57 Å². The van der Waals surface area contributed by atoms with E-state index in [1.165, 1.54) is 29.6 Å². The summed E-state index contributed by atoms with van der Waals surface area (Å²) in [5.41, 5.74) is -0.137. The molecule has 1 fully saturated rings. The molecule has 3 rings (SSSR count). The molecule has 13 nitrogen and oxygen atoms in total. The molecular formula is C17H19N5O8S. The van der Waals surface area contributed by atoms with Crippen molar-refractivity contribution in [3.05, 3.63) is 33.8 Å². The molecule has 31 heavy (non-hydrogen) atoms. The van der Waals surface area contributed by atoms with E-state index >= 15 is 0 Å². The molecule has 0 aromatic carbocycles. The smallest absolute Gasteiger partial charge is 0.352 e. The van der Waals surface area contributed by atoms with Gasteiger partial charge in [-0.3, -0.25) is 34.1 Å². The lowest BCUT2D eigenvalue weighted by Crippen LogP contribution is -2.71. The maximum Gasteiger partial charge on any atom is 0.352 e. The number of esters is 1. The normalized spacial score (nSPS) is 21.1. The highest BCUT2D eigenvalue weighted by Crippen LogP contribution is 2.40. The number of ether oxygens (including phenoxy) is 1. The number of carbonyl (C=O) groups excluding carboxylic acids is 3. The average Bonchev–Trinajstić information content (AvgIpc) is 3.17. The van der Waals surface area contributed by atoms with Crippen molar-refractivity contribution < 1.29 is 33.9 Å². The summed E-state index contributed by atoms with van der Waals surface area (Å²) in [5, 5.41) is 26.1. The van der Waals surface area contributed by atoms with Crippen molar-refractivity contribution in [2.24, 2.45) is 5.92 Å². The number of rotatable bonds is 8. The van der Waals surface area contributed by atoms with Crippen LogP contribution in [0.5, 0.6) is 0 Å². The summed E-state index contributed by atoms with van der Waals surface area (Å²) in [6.45, 7) is 2.61. The number of hydrogen-bond acceptors (Lipinski definition) is 9. The Bertz CT molecular complexity index is 989. The van der Waals surface area contributed by atoms with Crippen LogP contribution in [0.4, 0.5) is 5.69 Å². The van der Waals surface area contributed by atoms with Crippen LogP contribution in [-0.2, 0) is 30.5 Å². The first-order chi connectivity index (χ1) is 14.6. The van der Waals surface area contributed by atoms with Gasteiger partial charge in [0.1, 0.15) is 36.1 Å². The molecule has 3 heterocycles. The quantitative estimate of drug-likeness (QED) is 0.231. The summed E-state index contributed by atoms with van der Waals surface area (Å²) < 4.78 is 6.13. The lowest BCUT2D eigenvalue weighted by molar-refractivity contribution is -0.385. The van der Waals surface area contributed by atoms with Crippen LogP contribution in [0, 0.1) is 16.0 Å². The van der Waals surface area contributed by atoms with Gasteiger partial charge < -0.3 is 15.2 Å². The first kappa shape index (κ1) is 22.3. The van der Waals surface area contributed by atoms with Gasteiger partial charge in [0.2, 0.25) is 5.91 Å². The zero-order valence-corrected chi connectivity index (χ0v) is 17.3. The second-order valence-electron chi connectivity index (χ2n) is 7.01. The molecule has 14 heteroatoms.